The molecule has 1 aromatic rings. The molecule has 1 aromatic heterocycles. The molecule has 1 rings (SSSR count). The SMILES string of the molecule is COCCCN(CCOC)c1ncc(N)cc1C(=O)OC. The highest BCUT2D eigenvalue weighted by molar-refractivity contribution is 5.95. The molecule has 0 saturated heterocycles. The second-order valence-electron chi connectivity index (χ2n) is 4.46. The lowest BCUT2D eigenvalue weighted by atomic mass is 10.2. The van der Waals surface area contributed by atoms with Gasteiger partial charge in [-0.25, -0.2) is 9.78 Å². The molecule has 1 heterocycles. The van der Waals surface area contributed by atoms with E-state index in [-0.39, 0.29) is 0 Å². The summed E-state index contributed by atoms with van der Waals surface area (Å²) in [6.45, 7) is 2.46. The first-order chi connectivity index (χ1) is 10.1. The maximum absolute atomic E-state index is 11.9. The number of hydrogen-bond acceptors (Lipinski definition) is 7. The second-order valence-corrected chi connectivity index (χ2v) is 4.46. The molecule has 2 N–H and O–H groups in total. The van der Waals surface area contributed by atoms with E-state index in [4.69, 9.17) is 19.9 Å². The highest BCUT2D eigenvalue weighted by Crippen LogP contribution is 2.21. The Hall–Kier alpha value is -1.86. The number of hydrogen-bond donors (Lipinski definition) is 1. The van der Waals surface area contributed by atoms with Crippen LogP contribution in [-0.2, 0) is 14.2 Å². The van der Waals surface area contributed by atoms with Crippen molar-refractivity contribution >= 4 is 17.5 Å². The number of nitrogens with two attached hydrogens (primary N) is 1. The summed E-state index contributed by atoms with van der Waals surface area (Å²) in [6.07, 6.45) is 2.34. The Morgan fingerprint density at radius 1 is 1.24 bits per heavy atom. The third-order valence-corrected chi connectivity index (χ3v) is 2.93. The van der Waals surface area contributed by atoms with Crippen molar-refractivity contribution in [2.45, 2.75) is 6.42 Å². The van der Waals surface area contributed by atoms with Crippen molar-refractivity contribution in [2.24, 2.45) is 0 Å². The van der Waals surface area contributed by atoms with E-state index in [1.807, 2.05) is 4.90 Å². The largest absolute Gasteiger partial charge is 0.465 e. The van der Waals surface area contributed by atoms with Gasteiger partial charge < -0.3 is 24.8 Å². The Morgan fingerprint density at radius 2 is 1.95 bits per heavy atom. The summed E-state index contributed by atoms with van der Waals surface area (Å²) >= 11 is 0. The minimum atomic E-state index is -0.459. The van der Waals surface area contributed by atoms with Crippen LogP contribution in [0, 0.1) is 0 Å². The molecule has 0 spiro atoms. The van der Waals surface area contributed by atoms with Crippen molar-refractivity contribution in [3.8, 4) is 0 Å². The number of nitrogen functional groups attached to an aromatic ring is 1. The van der Waals surface area contributed by atoms with Crippen LogP contribution in [0.4, 0.5) is 11.5 Å². The molecule has 0 bridgehead atoms. The summed E-state index contributed by atoms with van der Waals surface area (Å²) in [6, 6.07) is 1.57. The lowest BCUT2D eigenvalue weighted by Gasteiger charge is -2.25. The van der Waals surface area contributed by atoms with E-state index < -0.39 is 5.97 Å². The van der Waals surface area contributed by atoms with Crippen molar-refractivity contribution in [2.75, 3.05) is 58.3 Å². The maximum atomic E-state index is 11.9. The molecule has 0 radical (unpaired) electrons. The molecule has 7 nitrogen and oxygen atoms in total. The standard InChI is InChI=1S/C14H23N3O4/c1-19-7-4-5-17(6-8-20-2)13-12(14(18)21-3)9-11(15)10-16-13/h9-10H,4-8,15H2,1-3H3. The van der Waals surface area contributed by atoms with Gasteiger partial charge in [-0.15, -0.1) is 0 Å². The number of carbonyl (C=O) groups is 1. The second kappa shape index (κ2) is 9.15. The minimum absolute atomic E-state index is 0.353. The van der Waals surface area contributed by atoms with Gasteiger partial charge in [0, 0.05) is 33.9 Å². The normalized spacial score (nSPS) is 10.4. The highest BCUT2D eigenvalue weighted by atomic mass is 16.5. The number of aromatic nitrogens is 1. The van der Waals surface area contributed by atoms with E-state index in [0.717, 1.165) is 6.42 Å². The van der Waals surface area contributed by atoms with Gasteiger partial charge in [-0.3, -0.25) is 0 Å². The molecule has 0 amide bonds. The number of esters is 1. The van der Waals surface area contributed by atoms with E-state index in [9.17, 15) is 4.79 Å². The molecular formula is C14H23N3O4. The molecular weight excluding hydrogens is 274 g/mol. The Labute approximate surface area is 125 Å². The predicted molar refractivity (Wildman–Crippen MR) is 80.6 cm³/mol. The maximum Gasteiger partial charge on any atom is 0.341 e. The van der Waals surface area contributed by atoms with Gasteiger partial charge in [0.1, 0.15) is 11.4 Å². The molecule has 0 aromatic carbocycles. The van der Waals surface area contributed by atoms with Gasteiger partial charge in [0.05, 0.1) is 25.6 Å². The van der Waals surface area contributed by atoms with Gasteiger partial charge >= 0.3 is 5.97 Å². The summed E-state index contributed by atoms with van der Waals surface area (Å²) in [4.78, 5) is 18.1. The fourth-order valence-corrected chi connectivity index (χ4v) is 1.91. The third kappa shape index (κ3) is 5.20. The smallest absolute Gasteiger partial charge is 0.341 e. The van der Waals surface area contributed by atoms with Crippen LogP contribution in [0.1, 0.15) is 16.8 Å². The molecule has 21 heavy (non-hydrogen) atoms. The minimum Gasteiger partial charge on any atom is -0.465 e. The highest BCUT2D eigenvalue weighted by Gasteiger charge is 2.19. The summed E-state index contributed by atoms with van der Waals surface area (Å²) in [7, 11) is 4.62. The van der Waals surface area contributed by atoms with Crippen molar-refractivity contribution in [1.82, 2.24) is 4.98 Å². The van der Waals surface area contributed by atoms with Gasteiger partial charge in [-0.05, 0) is 12.5 Å². The predicted octanol–water partition coefficient (Wildman–Crippen LogP) is 0.940. The molecule has 0 aliphatic rings. The van der Waals surface area contributed by atoms with Crippen LogP contribution in [-0.4, -0.2) is 58.6 Å². The lowest BCUT2D eigenvalue weighted by Crippen LogP contribution is -2.31. The van der Waals surface area contributed by atoms with Crippen LogP contribution in [0.3, 0.4) is 0 Å². The zero-order valence-corrected chi connectivity index (χ0v) is 12.8. The fourth-order valence-electron chi connectivity index (χ4n) is 1.91. The van der Waals surface area contributed by atoms with Gasteiger partial charge in [-0.2, -0.15) is 0 Å². The number of carbonyl (C=O) groups excluding carboxylic acids is 1. The van der Waals surface area contributed by atoms with Crippen molar-refractivity contribution in [1.29, 1.82) is 0 Å². The van der Waals surface area contributed by atoms with Crippen molar-refractivity contribution < 1.29 is 19.0 Å². The monoisotopic (exact) mass is 297 g/mol. The number of rotatable bonds is 9. The molecule has 0 unspecified atom stereocenters. The van der Waals surface area contributed by atoms with Crippen LogP contribution in [0.2, 0.25) is 0 Å². The van der Waals surface area contributed by atoms with E-state index in [1.165, 1.54) is 13.3 Å². The Kier molecular flexibility index (Phi) is 7.49. The first kappa shape index (κ1) is 17.2. The Balaban J connectivity index is 3.00. The first-order valence-corrected chi connectivity index (χ1v) is 6.70. The quantitative estimate of drug-likeness (QED) is 0.536. The topological polar surface area (TPSA) is 86.9 Å². The van der Waals surface area contributed by atoms with Crippen LogP contribution < -0.4 is 10.6 Å². The molecule has 7 heteroatoms. The van der Waals surface area contributed by atoms with Gasteiger partial charge in [-0.1, -0.05) is 0 Å². The summed E-state index contributed by atoms with van der Waals surface area (Å²) in [5.74, 6) is 0.0863. The Bertz CT molecular complexity index is 454. The number of nitrogens with zero attached hydrogens (tertiary/aromatic N) is 2. The third-order valence-electron chi connectivity index (χ3n) is 2.93. The average Bonchev–Trinajstić information content (AvgIpc) is 2.50. The number of methoxy groups -OCH3 is 3. The molecule has 118 valence electrons. The van der Waals surface area contributed by atoms with Crippen LogP contribution in [0.5, 0.6) is 0 Å². The molecule has 0 saturated carbocycles. The van der Waals surface area contributed by atoms with Crippen LogP contribution >= 0.6 is 0 Å². The number of pyridine rings is 1. The Morgan fingerprint density at radius 3 is 2.57 bits per heavy atom. The zero-order valence-electron chi connectivity index (χ0n) is 12.8. The molecule has 0 atom stereocenters. The van der Waals surface area contributed by atoms with Gasteiger partial charge in [0.25, 0.3) is 0 Å². The fraction of sp³-hybridized carbons (Fsp3) is 0.571. The number of ether oxygens (including phenoxy) is 3. The molecule has 0 aliphatic heterocycles. The summed E-state index contributed by atoms with van der Waals surface area (Å²) in [5.41, 5.74) is 6.48. The lowest BCUT2D eigenvalue weighted by molar-refractivity contribution is 0.0601. The van der Waals surface area contributed by atoms with Crippen molar-refractivity contribution in [3.63, 3.8) is 0 Å². The van der Waals surface area contributed by atoms with E-state index in [0.29, 0.717) is 43.4 Å². The molecule has 0 aliphatic carbocycles. The van der Waals surface area contributed by atoms with E-state index in [1.54, 1.807) is 20.3 Å². The summed E-state index contributed by atoms with van der Waals surface area (Å²) in [5, 5.41) is 0. The zero-order chi connectivity index (χ0) is 15.7. The van der Waals surface area contributed by atoms with E-state index in [2.05, 4.69) is 4.98 Å². The van der Waals surface area contributed by atoms with Crippen LogP contribution in [0.25, 0.3) is 0 Å². The summed E-state index contributed by atoms with van der Waals surface area (Å²) < 4.78 is 15.0. The van der Waals surface area contributed by atoms with Crippen molar-refractivity contribution in [3.05, 3.63) is 17.8 Å². The number of anilines is 2. The van der Waals surface area contributed by atoms with Crippen LogP contribution in [0.15, 0.2) is 12.3 Å². The average molecular weight is 297 g/mol. The van der Waals surface area contributed by atoms with Gasteiger partial charge in [0.15, 0.2) is 0 Å². The molecule has 0 fully saturated rings. The van der Waals surface area contributed by atoms with E-state index >= 15 is 0 Å². The van der Waals surface area contributed by atoms with Gasteiger partial charge in [0.2, 0.25) is 0 Å². The first-order valence-electron chi connectivity index (χ1n) is 6.70.